The molecule has 0 saturated carbocycles. The quantitative estimate of drug-likeness (QED) is 0.732. The van der Waals surface area contributed by atoms with Crippen LogP contribution in [-0.2, 0) is 0 Å². The number of hydrogen-bond donors (Lipinski definition) is 2. The summed E-state index contributed by atoms with van der Waals surface area (Å²) in [4.78, 5) is 13.5. The van der Waals surface area contributed by atoms with E-state index in [1.165, 1.54) is 6.42 Å². The van der Waals surface area contributed by atoms with Gasteiger partial charge >= 0.3 is 0 Å². The Morgan fingerprint density at radius 3 is 2.24 bits per heavy atom. The first-order valence-electron chi connectivity index (χ1n) is 6.85. The van der Waals surface area contributed by atoms with E-state index in [9.17, 15) is 4.79 Å². The summed E-state index contributed by atoms with van der Waals surface area (Å²) in [7, 11) is 0. The van der Waals surface area contributed by atoms with Crippen LogP contribution in [0.1, 0.15) is 29.6 Å². The molecule has 1 saturated heterocycles. The van der Waals surface area contributed by atoms with E-state index in [0.717, 1.165) is 35.3 Å². The van der Waals surface area contributed by atoms with Crippen molar-refractivity contribution >= 4 is 56.6 Å². The van der Waals surface area contributed by atoms with E-state index in [-0.39, 0.29) is 5.91 Å². The summed E-state index contributed by atoms with van der Waals surface area (Å²) >= 11 is 21.6. The van der Waals surface area contributed by atoms with Crippen LogP contribution >= 0.6 is 50.7 Å². The van der Waals surface area contributed by atoms with Gasteiger partial charge in [0.25, 0.3) is 9.70 Å². The molecule has 1 aromatic rings. The van der Waals surface area contributed by atoms with Gasteiger partial charge in [0, 0.05) is 10.0 Å². The number of rotatable bonds is 3. The minimum atomic E-state index is -1.53. The first-order chi connectivity index (χ1) is 9.88. The van der Waals surface area contributed by atoms with Crippen LogP contribution < -0.4 is 10.2 Å². The highest BCUT2D eigenvalue weighted by molar-refractivity contribution is 9.10. The molecule has 0 spiro atoms. The van der Waals surface area contributed by atoms with Gasteiger partial charge in [-0.25, -0.2) is 0 Å². The van der Waals surface area contributed by atoms with Gasteiger partial charge in [-0.2, -0.15) is 0 Å². The summed E-state index contributed by atoms with van der Waals surface area (Å²) in [6.07, 6.45) is 2.82. The van der Waals surface area contributed by atoms with Gasteiger partial charge in [0.2, 0.25) is 6.17 Å². The fourth-order valence-electron chi connectivity index (χ4n) is 2.53. The molecular weight excluding hydrogens is 398 g/mol. The molecule has 7 heteroatoms. The molecule has 0 radical (unpaired) electrons. The van der Waals surface area contributed by atoms with Crippen molar-refractivity contribution in [2.45, 2.75) is 29.2 Å². The molecule has 1 fully saturated rings. The molecule has 0 unspecified atom stereocenters. The van der Waals surface area contributed by atoms with Crippen LogP contribution in [0, 0.1) is 0 Å². The Balaban J connectivity index is 2.10. The van der Waals surface area contributed by atoms with E-state index in [1.807, 2.05) is 12.1 Å². The SMILES string of the molecule is O=C(N[C@@H]([NH+]1CCCCC1)C(Cl)(Cl)Cl)c1ccc(Br)cc1. The molecule has 2 rings (SSSR count). The topological polar surface area (TPSA) is 33.5 Å². The molecule has 1 aliphatic rings. The lowest BCUT2D eigenvalue weighted by Gasteiger charge is -2.35. The molecule has 116 valence electrons. The number of amides is 1. The summed E-state index contributed by atoms with van der Waals surface area (Å²) < 4.78 is -0.615. The van der Waals surface area contributed by atoms with Crippen LogP contribution in [0.2, 0.25) is 0 Å². The summed E-state index contributed by atoms with van der Waals surface area (Å²) in [5, 5.41) is 2.88. The van der Waals surface area contributed by atoms with Crippen LogP contribution in [0.15, 0.2) is 28.7 Å². The van der Waals surface area contributed by atoms with Crippen molar-refractivity contribution in [3.63, 3.8) is 0 Å². The highest BCUT2D eigenvalue weighted by Gasteiger charge is 2.42. The van der Waals surface area contributed by atoms with Crippen molar-refractivity contribution in [1.82, 2.24) is 5.32 Å². The van der Waals surface area contributed by atoms with Crippen molar-refractivity contribution in [2.24, 2.45) is 0 Å². The van der Waals surface area contributed by atoms with Gasteiger partial charge < -0.3 is 4.90 Å². The minimum absolute atomic E-state index is 0.225. The number of nitrogens with one attached hydrogen (secondary N) is 2. The molecule has 1 heterocycles. The predicted molar refractivity (Wildman–Crippen MR) is 90.2 cm³/mol. The number of carbonyl (C=O) groups excluding carboxylic acids is 1. The molecule has 3 nitrogen and oxygen atoms in total. The number of likely N-dealkylation sites (tertiary alicyclic amines) is 1. The van der Waals surface area contributed by atoms with Crippen LogP contribution in [-0.4, -0.2) is 29.0 Å². The number of piperidine rings is 1. The number of carbonyl (C=O) groups is 1. The Bertz CT molecular complexity index is 484. The largest absolute Gasteiger partial charge is 0.312 e. The van der Waals surface area contributed by atoms with E-state index in [1.54, 1.807) is 12.1 Å². The highest BCUT2D eigenvalue weighted by Crippen LogP contribution is 2.28. The zero-order valence-electron chi connectivity index (χ0n) is 11.3. The monoisotopic (exact) mass is 413 g/mol. The van der Waals surface area contributed by atoms with E-state index in [2.05, 4.69) is 21.2 Å². The highest BCUT2D eigenvalue weighted by atomic mass is 79.9. The lowest BCUT2D eigenvalue weighted by atomic mass is 10.1. The van der Waals surface area contributed by atoms with Crippen molar-refractivity contribution in [2.75, 3.05) is 13.1 Å². The zero-order valence-corrected chi connectivity index (χ0v) is 15.2. The maximum Gasteiger partial charge on any atom is 0.262 e. The van der Waals surface area contributed by atoms with Gasteiger partial charge in [-0.1, -0.05) is 50.7 Å². The summed E-state index contributed by atoms with van der Waals surface area (Å²) in [5.74, 6) is -0.225. The predicted octanol–water partition coefficient (Wildman–Crippen LogP) is 2.94. The van der Waals surface area contributed by atoms with Gasteiger partial charge in [-0.05, 0) is 43.5 Å². The van der Waals surface area contributed by atoms with Gasteiger partial charge in [0.1, 0.15) is 0 Å². The van der Waals surface area contributed by atoms with E-state index in [0.29, 0.717) is 5.56 Å². The third-order valence-electron chi connectivity index (χ3n) is 3.61. The smallest absolute Gasteiger partial charge is 0.262 e. The van der Waals surface area contributed by atoms with E-state index >= 15 is 0 Å². The Hall–Kier alpha value is -0.000000000000000167. The molecule has 1 aliphatic heterocycles. The third-order valence-corrected chi connectivity index (χ3v) is 4.80. The maximum absolute atomic E-state index is 12.3. The van der Waals surface area contributed by atoms with Crippen LogP contribution in [0.3, 0.4) is 0 Å². The van der Waals surface area contributed by atoms with Crippen molar-refractivity contribution < 1.29 is 9.69 Å². The molecule has 2 N–H and O–H groups in total. The Morgan fingerprint density at radius 2 is 1.71 bits per heavy atom. The zero-order chi connectivity index (χ0) is 15.5. The fourth-order valence-corrected chi connectivity index (χ4v) is 3.42. The Kier molecular flexibility index (Phi) is 6.21. The number of benzene rings is 1. The average Bonchev–Trinajstić information content (AvgIpc) is 2.45. The molecule has 0 aliphatic carbocycles. The number of halogens is 4. The van der Waals surface area contributed by atoms with Gasteiger partial charge in [0.05, 0.1) is 13.1 Å². The normalized spacial score (nSPS) is 18.3. The molecule has 0 aromatic heterocycles. The second-order valence-corrected chi connectivity index (χ2v) is 8.46. The van der Waals surface area contributed by atoms with Crippen LogP contribution in [0.5, 0.6) is 0 Å². The molecule has 1 aromatic carbocycles. The molecule has 21 heavy (non-hydrogen) atoms. The lowest BCUT2D eigenvalue weighted by Crippen LogP contribution is -3.20. The Morgan fingerprint density at radius 1 is 1.14 bits per heavy atom. The van der Waals surface area contributed by atoms with Gasteiger partial charge in [0.15, 0.2) is 0 Å². The molecular formula is C14H17BrCl3N2O+. The van der Waals surface area contributed by atoms with Crippen LogP contribution in [0.25, 0.3) is 0 Å². The van der Waals surface area contributed by atoms with E-state index < -0.39 is 9.96 Å². The van der Waals surface area contributed by atoms with Gasteiger partial charge in [-0.15, -0.1) is 0 Å². The maximum atomic E-state index is 12.3. The number of hydrogen-bond acceptors (Lipinski definition) is 1. The van der Waals surface area contributed by atoms with Crippen molar-refractivity contribution in [3.8, 4) is 0 Å². The van der Waals surface area contributed by atoms with Crippen LogP contribution in [0.4, 0.5) is 0 Å². The van der Waals surface area contributed by atoms with Crippen molar-refractivity contribution in [3.05, 3.63) is 34.3 Å². The first kappa shape index (κ1) is 17.4. The fraction of sp³-hybridized carbons (Fsp3) is 0.500. The second-order valence-electron chi connectivity index (χ2n) is 5.17. The lowest BCUT2D eigenvalue weighted by molar-refractivity contribution is -0.931. The van der Waals surface area contributed by atoms with E-state index in [4.69, 9.17) is 34.8 Å². The number of quaternary nitrogens is 1. The number of alkyl halides is 3. The van der Waals surface area contributed by atoms with Gasteiger partial charge in [-0.3, -0.25) is 10.1 Å². The summed E-state index contributed by atoms with van der Waals surface area (Å²) in [6, 6.07) is 7.10. The summed E-state index contributed by atoms with van der Waals surface area (Å²) in [6.45, 7) is 1.80. The third kappa shape index (κ3) is 5.00. The summed E-state index contributed by atoms with van der Waals surface area (Å²) in [5.41, 5.74) is 0.550. The molecule has 1 amide bonds. The second kappa shape index (κ2) is 7.51. The average molecular weight is 416 g/mol. The standard InChI is InChI=1S/C14H16BrCl3N2O/c15-11-6-4-10(5-7-11)12(21)19-13(14(16,17)18)20-8-2-1-3-9-20/h4-7,13H,1-3,8-9H2,(H,19,21)/p+1/t13-/m0/s1. The first-order valence-corrected chi connectivity index (χ1v) is 8.78. The minimum Gasteiger partial charge on any atom is -0.312 e. The van der Waals surface area contributed by atoms with Crippen molar-refractivity contribution in [1.29, 1.82) is 0 Å². The Labute approximate surface area is 148 Å². The molecule has 0 bridgehead atoms. The molecule has 1 atom stereocenters.